The molecular formula is C19H23BrN2O3S. The van der Waals surface area contributed by atoms with Crippen LogP contribution < -0.4 is 10.0 Å². The fourth-order valence-corrected chi connectivity index (χ4v) is 3.79. The molecule has 0 saturated carbocycles. The summed E-state index contributed by atoms with van der Waals surface area (Å²) in [5, 5.41) is 2.87. The molecule has 1 unspecified atom stereocenters. The zero-order valence-electron chi connectivity index (χ0n) is 15.0. The Hall–Kier alpha value is -1.70. The third-order valence-electron chi connectivity index (χ3n) is 4.18. The standard InChI is InChI=1S/C19H23BrN2O3S/c1-13-4-9-18(12-14(13)2)26(24,25)21-11-10-19(23)22-15(3)16-5-7-17(20)8-6-16/h4-9,12,15,21H,10-11H2,1-3H3,(H,22,23). The predicted octanol–water partition coefficient (Wildman–Crippen LogP) is 3.61. The van der Waals surface area contributed by atoms with E-state index in [-0.39, 0.29) is 29.8 Å². The molecule has 0 heterocycles. The molecule has 0 aliphatic carbocycles. The molecule has 0 aromatic heterocycles. The van der Waals surface area contributed by atoms with Crippen LogP contribution in [0.15, 0.2) is 51.8 Å². The highest BCUT2D eigenvalue weighted by atomic mass is 79.9. The van der Waals surface area contributed by atoms with Crippen LogP contribution in [0.4, 0.5) is 0 Å². The molecule has 0 saturated heterocycles. The van der Waals surface area contributed by atoms with Gasteiger partial charge in [-0.3, -0.25) is 4.79 Å². The number of benzene rings is 2. The summed E-state index contributed by atoms with van der Waals surface area (Å²) in [6.45, 7) is 5.73. The molecule has 7 heteroatoms. The number of carbonyl (C=O) groups is 1. The van der Waals surface area contributed by atoms with Crippen LogP contribution in [0.1, 0.15) is 36.1 Å². The van der Waals surface area contributed by atoms with Crippen LogP contribution in [0.5, 0.6) is 0 Å². The molecule has 2 aromatic carbocycles. The van der Waals surface area contributed by atoms with Gasteiger partial charge in [0, 0.05) is 17.4 Å². The Balaban J connectivity index is 1.87. The highest BCUT2D eigenvalue weighted by molar-refractivity contribution is 9.10. The minimum Gasteiger partial charge on any atom is -0.350 e. The van der Waals surface area contributed by atoms with Crippen molar-refractivity contribution in [2.45, 2.75) is 38.1 Å². The Morgan fingerprint density at radius 1 is 1.08 bits per heavy atom. The van der Waals surface area contributed by atoms with E-state index < -0.39 is 10.0 Å². The van der Waals surface area contributed by atoms with E-state index in [2.05, 4.69) is 26.0 Å². The average Bonchev–Trinajstić information content (AvgIpc) is 2.57. The van der Waals surface area contributed by atoms with Crippen molar-refractivity contribution in [3.63, 3.8) is 0 Å². The largest absolute Gasteiger partial charge is 0.350 e. The molecule has 0 aliphatic heterocycles. The monoisotopic (exact) mass is 438 g/mol. The fourth-order valence-electron chi connectivity index (χ4n) is 2.41. The van der Waals surface area contributed by atoms with Crippen molar-refractivity contribution in [1.29, 1.82) is 0 Å². The van der Waals surface area contributed by atoms with Crippen molar-refractivity contribution in [2.75, 3.05) is 6.54 Å². The van der Waals surface area contributed by atoms with Gasteiger partial charge in [0.15, 0.2) is 0 Å². The summed E-state index contributed by atoms with van der Waals surface area (Å²) in [7, 11) is -3.62. The normalized spacial score (nSPS) is 12.6. The van der Waals surface area contributed by atoms with Crippen molar-refractivity contribution in [3.8, 4) is 0 Å². The second-order valence-corrected chi connectivity index (χ2v) is 8.92. The second-order valence-electron chi connectivity index (χ2n) is 6.23. The lowest BCUT2D eigenvalue weighted by Gasteiger charge is -2.15. The van der Waals surface area contributed by atoms with Crippen LogP contribution in [0.3, 0.4) is 0 Å². The van der Waals surface area contributed by atoms with E-state index >= 15 is 0 Å². The number of sulfonamides is 1. The summed E-state index contributed by atoms with van der Waals surface area (Å²) in [5.41, 5.74) is 2.93. The summed E-state index contributed by atoms with van der Waals surface area (Å²) in [6.07, 6.45) is 0.0743. The molecular weight excluding hydrogens is 416 g/mol. The number of hydrogen-bond donors (Lipinski definition) is 2. The molecule has 140 valence electrons. The molecule has 0 fully saturated rings. The maximum atomic E-state index is 12.3. The Labute approximate surface area is 163 Å². The smallest absolute Gasteiger partial charge is 0.240 e. The first-order valence-electron chi connectivity index (χ1n) is 8.31. The third kappa shape index (κ3) is 5.65. The van der Waals surface area contributed by atoms with Gasteiger partial charge < -0.3 is 5.32 Å². The number of hydrogen-bond acceptors (Lipinski definition) is 3. The molecule has 0 radical (unpaired) electrons. The van der Waals surface area contributed by atoms with E-state index in [0.717, 1.165) is 21.2 Å². The molecule has 2 aromatic rings. The summed E-state index contributed by atoms with van der Waals surface area (Å²) < 4.78 is 28.1. The molecule has 2 N–H and O–H groups in total. The van der Waals surface area contributed by atoms with Gasteiger partial charge in [-0.1, -0.05) is 34.1 Å². The average molecular weight is 439 g/mol. The minimum absolute atomic E-state index is 0.0498. The van der Waals surface area contributed by atoms with E-state index in [9.17, 15) is 13.2 Å². The van der Waals surface area contributed by atoms with Crippen LogP contribution in [0, 0.1) is 13.8 Å². The first kappa shape index (κ1) is 20.6. The predicted molar refractivity (Wildman–Crippen MR) is 106 cm³/mol. The van der Waals surface area contributed by atoms with Gasteiger partial charge in [0.05, 0.1) is 10.9 Å². The Morgan fingerprint density at radius 3 is 2.35 bits per heavy atom. The Morgan fingerprint density at radius 2 is 1.73 bits per heavy atom. The maximum Gasteiger partial charge on any atom is 0.240 e. The van der Waals surface area contributed by atoms with Gasteiger partial charge in [0.25, 0.3) is 0 Å². The van der Waals surface area contributed by atoms with Crippen LogP contribution in [-0.4, -0.2) is 20.9 Å². The van der Waals surface area contributed by atoms with Crippen molar-refractivity contribution < 1.29 is 13.2 Å². The van der Waals surface area contributed by atoms with E-state index in [1.165, 1.54) is 0 Å². The Bertz CT molecular complexity index is 880. The van der Waals surface area contributed by atoms with E-state index in [1.807, 2.05) is 45.0 Å². The molecule has 0 aliphatic rings. The topological polar surface area (TPSA) is 75.3 Å². The fraction of sp³-hybridized carbons (Fsp3) is 0.316. The lowest BCUT2D eigenvalue weighted by atomic mass is 10.1. The third-order valence-corrected chi connectivity index (χ3v) is 6.17. The molecule has 0 spiro atoms. The van der Waals surface area contributed by atoms with Crippen LogP contribution in [0.2, 0.25) is 0 Å². The zero-order chi connectivity index (χ0) is 19.3. The number of rotatable bonds is 7. The summed E-state index contributed by atoms with van der Waals surface area (Å²) in [5.74, 6) is -0.205. The summed E-state index contributed by atoms with van der Waals surface area (Å²) in [4.78, 5) is 12.3. The number of aryl methyl sites for hydroxylation is 2. The maximum absolute atomic E-state index is 12.3. The van der Waals surface area contributed by atoms with Crippen molar-refractivity contribution in [3.05, 3.63) is 63.6 Å². The first-order chi connectivity index (χ1) is 12.2. The van der Waals surface area contributed by atoms with Crippen LogP contribution >= 0.6 is 15.9 Å². The lowest BCUT2D eigenvalue weighted by molar-refractivity contribution is -0.121. The minimum atomic E-state index is -3.62. The highest BCUT2D eigenvalue weighted by Gasteiger charge is 2.15. The van der Waals surface area contributed by atoms with Gasteiger partial charge in [-0.15, -0.1) is 0 Å². The quantitative estimate of drug-likeness (QED) is 0.692. The summed E-state index contributed by atoms with van der Waals surface area (Å²) in [6, 6.07) is 12.5. The van der Waals surface area contributed by atoms with Crippen molar-refractivity contribution in [1.82, 2.24) is 10.0 Å². The van der Waals surface area contributed by atoms with Crippen molar-refractivity contribution in [2.24, 2.45) is 0 Å². The van der Waals surface area contributed by atoms with Crippen LogP contribution in [0.25, 0.3) is 0 Å². The van der Waals surface area contributed by atoms with Gasteiger partial charge in [-0.2, -0.15) is 0 Å². The highest BCUT2D eigenvalue weighted by Crippen LogP contribution is 2.17. The lowest BCUT2D eigenvalue weighted by Crippen LogP contribution is -2.32. The van der Waals surface area contributed by atoms with Gasteiger partial charge in [-0.05, 0) is 61.7 Å². The SMILES string of the molecule is Cc1ccc(S(=O)(=O)NCCC(=O)NC(C)c2ccc(Br)cc2)cc1C. The van der Waals surface area contributed by atoms with Crippen LogP contribution in [-0.2, 0) is 14.8 Å². The zero-order valence-corrected chi connectivity index (χ0v) is 17.4. The Kier molecular flexibility index (Phi) is 6.97. The second kappa shape index (κ2) is 8.79. The molecule has 1 amide bonds. The molecule has 26 heavy (non-hydrogen) atoms. The first-order valence-corrected chi connectivity index (χ1v) is 10.6. The number of carbonyl (C=O) groups excluding carboxylic acids is 1. The molecule has 2 rings (SSSR count). The van der Waals surface area contributed by atoms with E-state index in [4.69, 9.17) is 0 Å². The van der Waals surface area contributed by atoms with Crippen molar-refractivity contribution >= 4 is 31.9 Å². The van der Waals surface area contributed by atoms with Gasteiger partial charge in [-0.25, -0.2) is 13.1 Å². The van der Waals surface area contributed by atoms with E-state index in [0.29, 0.717) is 0 Å². The van der Waals surface area contributed by atoms with Gasteiger partial charge >= 0.3 is 0 Å². The summed E-state index contributed by atoms with van der Waals surface area (Å²) >= 11 is 3.37. The molecule has 1 atom stereocenters. The molecule has 5 nitrogen and oxygen atoms in total. The van der Waals surface area contributed by atoms with Gasteiger partial charge in [0.2, 0.25) is 15.9 Å². The number of halogens is 1. The number of amides is 1. The van der Waals surface area contributed by atoms with Gasteiger partial charge in [0.1, 0.15) is 0 Å². The molecule has 0 bridgehead atoms. The number of nitrogens with one attached hydrogen (secondary N) is 2. The van der Waals surface area contributed by atoms with E-state index in [1.54, 1.807) is 18.2 Å².